The molecular formula is C47H32N2O. The van der Waals surface area contributed by atoms with Crippen LogP contribution in [0.5, 0.6) is 0 Å². The summed E-state index contributed by atoms with van der Waals surface area (Å²) >= 11 is 0. The number of aryl methyl sites for hydroxylation is 1. The molecule has 0 aliphatic heterocycles. The molecule has 0 saturated carbocycles. The first-order valence-electron chi connectivity index (χ1n) is 21.3. The minimum absolute atomic E-state index is 0.0839. The Morgan fingerprint density at radius 3 is 2.24 bits per heavy atom. The van der Waals surface area contributed by atoms with Crippen molar-refractivity contribution in [3.05, 3.63) is 169 Å². The number of hydrogen-bond donors (Lipinski definition) is 0. The second-order valence-corrected chi connectivity index (χ2v) is 12.3. The first-order valence-corrected chi connectivity index (χ1v) is 16.3. The molecule has 0 N–H and O–H groups in total. The first-order chi connectivity index (χ1) is 28.8. The molecule has 0 aliphatic carbocycles. The van der Waals surface area contributed by atoms with Crippen LogP contribution < -0.4 is 0 Å². The van der Waals surface area contributed by atoms with Crippen LogP contribution in [0.4, 0.5) is 0 Å². The zero-order chi connectivity index (χ0) is 41.8. The van der Waals surface area contributed by atoms with Crippen LogP contribution in [0.15, 0.2) is 168 Å². The molecule has 3 nitrogen and oxygen atoms in total. The van der Waals surface area contributed by atoms with Crippen molar-refractivity contribution >= 4 is 54.5 Å². The summed E-state index contributed by atoms with van der Waals surface area (Å²) in [5.74, 6) is -0.241. The van der Waals surface area contributed by atoms with Gasteiger partial charge in [-0.2, -0.15) is 0 Å². The number of imidazole rings is 1. The minimum atomic E-state index is -3.01. The molecule has 0 unspecified atom stereocenters. The van der Waals surface area contributed by atoms with Crippen molar-refractivity contribution in [3.8, 4) is 39.1 Å². The van der Waals surface area contributed by atoms with Crippen LogP contribution in [0.1, 0.15) is 26.4 Å². The lowest BCUT2D eigenvalue weighted by Gasteiger charge is -2.20. The lowest BCUT2D eigenvalue weighted by molar-refractivity contribution is 0.669. The third-order valence-electron chi connectivity index (χ3n) is 9.55. The fraction of sp³-hybridized carbons (Fsp3) is 0.0426. The van der Waals surface area contributed by atoms with Crippen LogP contribution >= 0.6 is 0 Å². The summed E-state index contributed by atoms with van der Waals surface area (Å²) in [5.41, 5.74) is 6.80. The topological polar surface area (TPSA) is 31.0 Å². The maximum absolute atomic E-state index is 8.88. The van der Waals surface area contributed by atoms with Crippen LogP contribution in [0, 0.1) is 0 Å². The Labute approximate surface area is 303 Å². The van der Waals surface area contributed by atoms with Gasteiger partial charge in [-0.15, -0.1) is 0 Å². The van der Waals surface area contributed by atoms with Gasteiger partial charge in [0.25, 0.3) is 0 Å². The van der Waals surface area contributed by atoms with Gasteiger partial charge >= 0.3 is 0 Å². The molecule has 0 bridgehead atoms. The summed E-state index contributed by atoms with van der Waals surface area (Å²) in [6.07, 6.45) is -2.79. The molecule has 2 heterocycles. The lowest BCUT2D eigenvalue weighted by Crippen LogP contribution is -2.00. The molecule has 0 amide bonds. The second kappa shape index (κ2) is 11.3. The number of rotatable bonds is 5. The lowest BCUT2D eigenvalue weighted by atomic mass is 9.84. The van der Waals surface area contributed by atoms with E-state index in [4.69, 9.17) is 18.1 Å². The molecule has 10 aromatic rings. The van der Waals surface area contributed by atoms with Crippen molar-refractivity contribution in [2.45, 2.75) is 13.2 Å². The molecular weight excluding hydrogens is 609 g/mol. The van der Waals surface area contributed by atoms with Gasteiger partial charge in [0.2, 0.25) is 0 Å². The Hall–Kier alpha value is -6.45. The fourth-order valence-corrected chi connectivity index (χ4v) is 7.48. The molecule has 0 spiro atoms. The van der Waals surface area contributed by atoms with E-state index in [1.165, 1.54) is 0 Å². The zero-order valence-electron chi connectivity index (χ0n) is 36.5. The van der Waals surface area contributed by atoms with E-state index in [0.29, 0.717) is 27.9 Å². The van der Waals surface area contributed by atoms with Crippen molar-refractivity contribution in [2.24, 2.45) is 0 Å². The molecule has 8 aromatic carbocycles. The number of nitrogens with zero attached hydrogens (tertiary/aromatic N) is 2. The van der Waals surface area contributed by atoms with Crippen molar-refractivity contribution < 1.29 is 18.1 Å². The highest BCUT2D eigenvalue weighted by Gasteiger charge is 2.21. The van der Waals surface area contributed by atoms with Crippen LogP contribution in [0.2, 0.25) is 0 Å². The van der Waals surface area contributed by atoms with Crippen molar-refractivity contribution in [1.29, 1.82) is 0 Å². The number of furan rings is 1. The zero-order valence-corrected chi connectivity index (χ0v) is 26.5. The SMILES string of the molecule is [2H]c1c([2H])c([2H])c(-c2ccc3c(-c4cccc(-n5c(C([2H])([2H])C([2H])([2H])[2H])nc6ccccc65)c4)c4ccccc4c(-c4cccc5oc6ccccc6c45)c3c2)c([2H])c1[2H]. The molecule has 3 heteroatoms. The molecule has 0 fully saturated rings. The van der Waals surface area contributed by atoms with Gasteiger partial charge in [-0.05, 0) is 97.4 Å². The van der Waals surface area contributed by atoms with Gasteiger partial charge in [0.15, 0.2) is 0 Å². The Bertz CT molecular complexity index is 3390. The molecule has 0 atom stereocenters. The first kappa shape index (κ1) is 20.2. The van der Waals surface area contributed by atoms with E-state index in [9.17, 15) is 0 Å². The molecule has 10 rings (SSSR count). The van der Waals surface area contributed by atoms with Crippen molar-refractivity contribution in [1.82, 2.24) is 9.55 Å². The normalized spacial score (nSPS) is 15.2. The monoisotopic (exact) mass is 650 g/mol. The standard InChI is InChI=1S/C47H32N2O/c1-2-44-48-40-22-9-10-23-41(40)49(44)33-17-12-16-32(28-33)45-34-18-6-7-19-35(34)46(39-29-31(26-27-36(39)45)30-14-4-3-5-15-30)38-21-13-25-43-47(38)37-20-8-11-24-42(37)50-43/h3-29H,2H2,1H3/i1D3,2D2,3D,4D,5D,14D,15D. The minimum Gasteiger partial charge on any atom is -0.456 e. The Morgan fingerprint density at radius 1 is 0.620 bits per heavy atom. The summed E-state index contributed by atoms with van der Waals surface area (Å²) in [4.78, 5) is 4.54. The highest BCUT2D eigenvalue weighted by molar-refractivity contribution is 6.26. The third-order valence-corrected chi connectivity index (χ3v) is 9.55. The van der Waals surface area contributed by atoms with E-state index in [1.807, 2.05) is 97.1 Å². The largest absolute Gasteiger partial charge is 0.456 e. The summed E-state index contributed by atoms with van der Waals surface area (Å²) < 4.78 is 92.8. The van der Waals surface area contributed by atoms with Gasteiger partial charge in [-0.1, -0.05) is 128 Å². The quantitative estimate of drug-likeness (QED) is 0.174. The molecule has 0 saturated heterocycles. The number of aromatic nitrogens is 2. The molecule has 0 radical (unpaired) electrons. The average molecular weight is 651 g/mol. The summed E-state index contributed by atoms with van der Waals surface area (Å²) in [7, 11) is 0. The highest BCUT2D eigenvalue weighted by atomic mass is 16.3. The summed E-state index contributed by atoms with van der Waals surface area (Å²) in [6.45, 7) is -3.01. The van der Waals surface area contributed by atoms with E-state index in [0.717, 1.165) is 60.2 Å². The Morgan fingerprint density at radius 2 is 1.36 bits per heavy atom. The predicted octanol–water partition coefficient (Wildman–Crippen LogP) is 12.8. The number of para-hydroxylation sites is 3. The summed E-state index contributed by atoms with van der Waals surface area (Å²) in [6, 6.07) is 40.1. The van der Waals surface area contributed by atoms with Gasteiger partial charge in [0, 0.05) is 29.7 Å². The van der Waals surface area contributed by atoms with Gasteiger partial charge in [-0.3, -0.25) is 4.57 Å². The molecule has 2 aromatic heterocycles. The number of benzene rings is 8. The van der Waals surface area contributed by atoms with E-state index < -0.39 is 31.4 Å². The number of hydrogen-bond acceptors (Lipinski definition) is 2. The van der Waals surface area contributed by atoms with Crippen LogP contribution in [-0.4, -0.2) is 9.55 Å². The van der Waals surface area contributed by atoms with Crippen LogP contribution in [0.3, 0.4) is 0 Å². The molecule has 50 heavy (non-hydrogen) atoms. The molecule has 0 aliphatic rings. The van der Waals surface area contributed by atoms with Gasteiger partial charge < -0.3 is 4.42 Å². The van der Waals surface area contributed by atoms with E-state index in [2.05, 4.69) is 4.98 Å². The summed E-state index contributed by atoms with van der Waals surface area (Å²) in [5, 5.41) is 5.17. The van der Waals surface area contributed by atoms with Crippen LogP contribution in [-0.2, 0) is 6.37 Å². The maximum Gasteiger partial charge on any atom is 0.136 e. The third kappa shape index (κ3) is 4.33. The van der Waals surface area contributed by atoms with E-state index >= 15 is 0 Å². The molecule has 236 valence electrons. The fourth-order valence-electron chi connectivity index (χ4n) is 7.48. The van der Waals surface area contributed by atoms with E-state index in [-0.39, 0.29) is 23.5 Å². The average Bonchev–Trinajstić information content (AvgIpc) is 3.84. The van der Waals surface area contributed by atoms with E-state index in [1.54, 1.807) is 41.0 Å². The highest BCUT2D eigenvalue weighted by Crippen LogP contribution is 2.48. The second-order valence-electron chi connectivity index (χ2n) is 12.3. The van der Waals surface area contributed by atoms with Gasteiger partial charge in [0.05, 0.1) is 17.9 Å². The van der Waals surface area contributed by atoms with Crippen molar-refractivity contribution in [3.63, 3.8) is 0 Å². The van der Waals surface area contributed by atoms with Crippen LogP contribution in [0.25, 0.3) is 93.6 Å². The Balaban J connectivity index is 1.33. The maximum atomic E-state index is 8.88. The predicted molar refractivity (Wildman–Crippen MR) is 209 cm³/mol. The van der Waals surface area contributed by atoms with Crippen molar-refractivity contribution in [2.75, 3.05) is 0 Å². The smallest absolute Gasteiger partial charge is 0.136 e. The Kier molecular flexibility index (Phi) is 4.56. The number of fused-ring (bicyclic) bond motifs is 6. The van der Waals surface area contributed by atoms with Gasteiger partial charge in [-0.25, -0.2) is 4.98 Å². The van der Waals surface area contributed by atoms with Gasteiger partial charge in [0.1, 0.15) is 17.0 Å².